The molecule has 0 fully saturated rings. The third-order valence-corrected chi connectivity index (χ3v) is 2.54. The normalized spacial score (nSPS) is 16.2. The Bertz CT molecular complexity index is 272. The molecule has 0 saturated heterocycles. The first-order chi connectivity index (χ1) is 6.93. The first kappa shape index (κ1) is 13.9. The van der Waals surface area contributed by atoms with Crippen LogP contribution in [0.2, 0.25) is 0 Å². The Morgan fingerprint density at radius 2 is 2.20 bits per heavy atom. The molecule has 0 spiro atoms. The third kappa shape index (κ3) is 2.91. The fourth-order valence-corrected chi connectivity index (χ4v) is 1.68. The Balaban J connectivity index is 5.10. The number of rotatable bonds is 6. The Labute approximate surface area is 90.1 Å². The van der Waals surface area contributed by atoms with E-state index in [1.54, 1.807) is 6.26 Å². The maximum Gasteiger partial charge on any atom is 0.332 e. The molecule has 86 valence electrons. The quantitative estimate of drug-likeness (QED) is 0.284. The second-order valence-corrected chi connectivity index (χ2v) is 3.71. The summed E-state index contributed by atoms with van der Waals surface area (Å²) in [6.07, 6.45) is 1.64. The zero-order valence-corrected chi connectivity index (χ0v) is 8.82. The lowest BCUT2D eigenvalue weighted by molar-refractivity contribution is -0.159. The molecule has 0 aliphatic heterocycles. The number of carboxylic acid groups (broad SMARTS) is 1. The predicted molar refractivity (Wildman–Crippen MR) is 52.8 cm³/mol. The highest BCUT2D eigenvalue weighted by molar-refractivity contribution is 7.98. The van der Waals surface area contributed by atoms with Gasteiger partial charge in [0.25, 0.3) is 0 Å². The highest BCUT2D eigenvalue weighted by Crippen LogP contribution is 2.19. The molecule has 0 aliphatic carbocycles. The van der Waals surface area contributed by atoms with Crippen LogP contribution in [0.15, 0.2) is 0 Å². The van der Waals surface area contributed by atoms with Gasteiger partial charge in [-0.15, -0.1) is 0 Å². The number of nitrogens with two attached hydrogens (primary N) is 2. The molecule has 0 aromatic rings. The molecule has 0 aliphatic rings. The van der Waals surface area contributed by atoms with Crippen molar-refractivity contribution in [3.05, 3.63) is 0 Å². The van der Waals surface area contributed by atoms with E-state index >= 15 is 0 Å². The zero-order chi connectivity index (χ0) is 12.1. The molecule has 0 amide bonds. The van der Waals surface area contributed by atoms with Gasteiger partial charge in [-0.25, -0.2) is 9.59 Å². The van der Waals surface area contributed by atoms with Gasteiger partial charge in [-0.2, -0.15) is 17.7 Å². The average molecular weight is 236 g/mol. The molecule has 5 N–H and O–H groups in total. The van der Waals surface area contributed by atoms with Gasteiger partial charge in [0.2, 0.25) is 0 Å². The van der Waals surface area contributed by atoms with Crippen molar-refractivity contribution in [2.45, 2.75) is 5.54 Å². The summed E-state index contributed by atoms with van der Waals surface area (Å²) in [7, 11) is 0. The zero-order valence-electron chi connectivity index (χ0n) is 8.00. The van der Waals surface area contributed by atoms with Crippen LogP contribution in [-0.2, 0) is 19.2 Å². The minimum Gasteiger partial charge on any atom is -0.480 e. The summed E-state index contributed by atoms with van der Waals surface area (Å²) in [4.78, 5) is 36.5. The number of carbonyl (C=O) groups excluding carboxylic acids is 2. The molecular weight excluding hydrogens is 224 g/mol. The topological polar surface area (TPSA) is 133 Å². The van der Waals surface area contributed by atoms with Crippen molar-refractivity contribution in [3.8, 4) is 0 Å². The summed E-state index contributed by atoms with van der Waals surface area (Å²) in [5, 5.41) is 8.76. The van der Waals surface area contributed by atoms with E-state index in [9.17, 15) is 14.4 Å². The van der Waals surface area contributed by atoms with Gasteiger partial charge >= 0.3 is 11.9 Å². The van der Waals surface area contributed by atoms with Crippen molar-refractivity contribution in [1.29, 1.82) is 0 Å². The molecule has 0 radical (unpaired) electrons. The molecule has 15 heavy (non-hydrogen) atoms. The van der Waals surface area contributed by atoms with E-state index in [0.717, 1.165) is 11.8 Å². The molecule has 0 saturated carbocycles. The number of aliphatic carboxylic acids is 1. The van der Waals surface area contributed by atoms with Crippen molar-refractivity contribution in [2.75, 3.05) is 12.0 Å². The molecule has 0 rings (SSSR count). The van der Waals surface area contributed by atoms with Crippen LogP contribution in [0.5, 0.6) is 0 Å². The molecule has 7 nitrogen and oxygen atoms in total. The van der Waals surface area contributed by atoms with Crippen LogP contribution < -0.4 is 11.6 Å². The van der Waals surface area contributed by atoms with E-state index in [0.29, 0.717) is 0 Å². The second-order valence-electron chi connectivity index (χ2n) is 2.80. The lowest BCUT2D eigenvalue weighted by Gasteiger charge is -2.25. The maximum absolute atomic E-state index is 11.1. The van der Waals surface area contributed by atoms with Gasteiger partial charge < -0.3 is 20.5 Å². The van der Waals surface area contributed by atoms with E-state index in [2.05, 4.69) is 10.7 Å². The van der Waals surface area contributed by atoms with Gasteiger partial charge in [-0.1, -0.05) is 0 Å². The van der Waals surface area contributed by atoms with Crippen LogP contribution in [0.3, 0.4) is 0 Å². The predicted octanol–water partition coefficient (Wildman–Crippen LogP) is -1.64. The minimum absolute atomic E-state index is 0.00708. The Kier molecular flexibility index (Phi) is 5.26. The standard InChI is InChI=1S/C7H12N2O5S/c1-15-2-4(5(11)14-9)7(8,3-10)6(12)13/h3-4H,2,8-9H2,1H3,(H,12,13)/t4?,7-/m0/s1. The fraction of sp³-hybridized carbons (Fsp3) is 0.571. The monoisotopic (exact) mass is 236 g/mol. The van der Waals surface area contributed by atoms with Crippen molar-refractivity contribution >= 4 is 30.0 Å². The molecular formula is C7H12N2O5S. The van der Waals surface area contributed by atoms with E-state index < -0.39 is 23.4 Å². The summed E-state index contributed by atoms with van der Waals surface area (Å²) in [6.45, 7) is 0. The Morgan fingerprint density at radius 3 is 2.47 bits per heavy atom. The molecule has 2 atom stereocenters. The van der Waals surface area contributed by atoms with E-state index in [1.807, 2.05) is 0 Å². The van der Waals surface area contributed by atoms with E-state index in [4.69, 9.17) is 10.8 Å². The largest absolute Gasteiger partial charge is 0.480 e. The molecule has 8 heteroatoms. The van der Waals surface area contributed by atoms with E-state index in [-0.39, 0.29) is 12.0 Å². The van der Waals surface area contributed by atoms with Crippen molar-refractivity contribution in [3.63, 3.8) is 0 Å². The van der Waals surface area contributed by atoms with Crippen LogP contribution in [0.25, 0.3) is 0 Å². The van der Waals surface area contributed by atoms with Crippen LogP contribution in [0.1, 0.15) is 0 Å². The lowest BCUT2D eigenvalue weighted by Crippen LogP contribution is -2.59. The summed E-state index contributed by atoms with van der Waals surface area (Å²) < 4.78 is 0. The Hall–Kier alpha value is -1.12. The fourth-order valence-electron chi connectivity index (χ4n) is 0.931. The van der Waals surface area contributed by atoms with Crippen LogP contribution in [0, 0.1) is 5.92 Å². The summed E-state index contributed by atoms with van der Waals surface area (Å²) in [5.74, 6) is 0.722. The van der Waals surface area contributed by atoms with E-state index in [1.165, 1.54) is 0 Å². The molecule has 0 heterocycles. The average Bonchev–Trinajstić information content (AvgIpc) is 2.23. The number of carboxylic acids is 1. The third-order valence-electron chi connectivity index (χ3n) is 1.88. The molecule has 0 bridgehead atoms. The van der Waals surface area contributed by atoms with Crippen LogP contribution in [-0.4, -0.2) is 40.9 Å². The van der Waals surface area contributed by atoms with Gasteiger partial charge in [0.1, 0.15) is 5.92 Å². The summed E-state index contributed by atoms with van der Waals surface area (Å²) in [6, 6.07) is 0. The van der Waals surface area contributed by atoms with Crippen molar-refractivity contribution in [1.82, 2.24) is 0 Å². The summed E-state index contributed by atoms with van der Waals surface area (Å²) >= 11 is 1.15. The maximum atomic E-state index is 11.1. The first-order valence-corrected chi connectivity index (χ1v) is 5.21. The second kappa shape index (κ2) is 5.69. The van der Waals surface area contributed by atoms with Gasteiger partial charge in [0.15, 0.2) is 11.8 Å². The number of hydrogen-bond donors (Lipinski definition) is 3. The van der Waals surface area contributed by atoms with Gasteiger partial charge in [-0.3, -0.25) is 0 Å². The number of hydrogen-bond acceptors (Lipinski definition) is 7. The van der Waals surface area contributed by atoms with Crippen molar-refractivity contribution < 1.29 is 24.3 Å². The lowest BCUT2D eigenvalue weighted by atomic mass is 9.87. The smallest absolute Gasteiger partial charge is 0.332 e. The molecule has 0 aromatic heterocycles. The highest BCUT2D eigenvalue weighted by Gasteiger charge is 2.47. The molecule has 0 aromatic carbocycles. The first-order valence-electron chi connectivity index (χ1n) is 3.82. The van der Waals surface area contributed by atoms with Crippen LogP contribution >= 0.6 is 11.8 Å². The number of aldehydes is 1. The van der Waals surface area contributed by atoms with Gasteiger partial charge in [0, 0.05) is 5.75 Å². The van der Waals surface area contributed by atoms with Crippen molar-refractivity contribution in [2.24, 2.45) is 17.5 Å². The van der Waals surface area contributed by atoms with Crippen LogP contribution in [0.4, 0.5) is 0 Å². The number of carbonyl (C=O) groups is 3. The SMILES string of the molecule is CSCC(C(=O)ON)[C@@](N)(C=O)C(=O)O. The molecule has 1 unspecified atom stereocenters. The number of thioether (sulfide) groups is 1. The minimum atomic E-state index is -2.31. The Morgan fingerprint density at radius 1 is 1.67 bits per heavy atom. The van der Waals surface area contributed by atoms with Gasteiger partial charge in [0.05, 0.1) is 0 Å². The highest BCUT2D eigenvalue weighted by atomic mass is 32.2. The van der Waals surface area contributed by atoms with Gasteiger partial charge in [-0.05, 0) is 6.26 Å². The summed E-state index contributed by atoms with van der Waals surface area (Å²) in [5.41, 5.74) is 3.00.